The zero-order chi connectivity index (χ0) is 9.10. The zero-order valence-corrected chi connectivity index (χ0v) is 9.09. The van der Waals surface area contributed by atoms with Crippen LogP contribution in [-0.4, -0.2) is 12.7 Å². The Hall–Kier alpha value is -0.340. The predicted molar refractivity (Wildman–Crippen MR) is 56.8 cm³/mol. The first-order chi connectivity index (χ1) is 6.34. The fourth-order valence-electron chi connectivity index (χ4n) is 1.69. The standard InChI is InChI=1S/C11H13BrO/c12-10-5-3-9(4-6-10)8-11-2-1-7-13-11/h3-6,11H,1-2,7-8H2/t11-/m1/s1. The van der Waals surface area contributed by atoms with Gasteiger partial charge in [0, 0.05) is 11.1 Å². The third-order valence-corrected chi connectivity index (χ3v) is 2.93. The highest BCUT2D eigenvalue weighted by atomic mass is 79.9. The van der Waals surface area contributed by atoms with Crippen LogP contribution in [0.15, 0.2) is 28.7 Å². The fraction of sp³-hybridized carbons (Fsp3) is 0.455. The summed E-state index contributed by atoms with van der Waals surface area (Å²) in [5, 5.41) is 0. The van der Waals surface area contributed by atoms with Gasteiger partial charge in [0.2, 0.25) is 0 Å². The average Bonchev–Trinajstić information content (AvgIpc) is 2.62. The molecule has 1 heterocycles. The lowest BCUT2D eigenvalue weighted by atomic mass is 10.1. The third kappa shape index (κ3) is 2.55. The second kappa shape index (κ2) is 4.25. The molecule has 0 spiro atoms. The molecule has 2 rings (SSSR count). The summed E-state index contributed by atoms with van der Waals surface area (Å²) in [6.45, 7) is 0.946. The second-order valence-electron chi connectivity index (χ2n) is 3.47. The molecule has 0 aliphatic carbocycles. The molecule has 0 aromatic heterocycles. The molecule has 0 bridgehead atoms. The summed E-state index contributed by atoms with van der Waals surface area (Å²) in [6.07, 6.45) is 3.96. The molecule has 13 heavy (non-hydrogen) atoms. The van der Waals surface area contributed by atoms with E-state index in [0.717, 1.165) is 17.5 Å². The molecule has 2 heteroatoms. The van der Waals surface area contributed by atoms with Crippen LogP contribution in [0.1, 0.15) is 18.4 Å². The maximum atomic E-state index is 5.58. The maximum Gasteiger partial charge on any atom is 0.0616 e. The molecule has 1 aliphatic rings. The van der Waals surface area contributed by atoms with Gasteiger partial charge in [-0.1, -0.05) is 28.1 Å². The van der Waals surface area contributed by atoms with E-state index < -0.39 is 0 Å². The Bertz CT molecular complexity index is 262. The molecule has 0 radical (unpaired) electrons. The monoisotopic (exact) mass is 240 g/mol. The van der Waals surface area contributed by atoms with Crippen LogP contribution in [0.25, 0.3) is 0 Å². The van der Waals surface area contributed by atoms with Crippen molar-refractivity contribution in [1.82, 2.24) is 0 Å². The number of benzene rings is 1. The van der Waals surface area contributed by atoms with Gasteiger partial charge in [-0.25, -0.2) is 0 Å². The topological polar surface area (TPSA) is 9.23 Å². The molecule has 1 aliphatic heterocycles. The van der Waals surface area contributed by atoms with Crippen molar-refractivity contribution in [3.63, 3.8) is 0 Å². The summed E-state index contributed by atoms with van der Waals surface area (Å²) in [5.74, 6) is 0. The van der Waals surface area contributed by atoms with Gasteiger partial charge in [-0.3, -0.25) is 0 Å². The Morgan fingerprint density at radius 3 is 2.69 bits per heavy atom. The summed E-state index contributed by atoms with van der Waals surface area (Å²) in [6, 6.07) is 8.49. The summed E-state index contributed by atoms with van der Waals surface area (Å²) >= 11 is 3.43. The summed E-state index contributed by atoms with van der Waals surface area (Å²) < 4.78 is 6.72. The molecule has 1 fully saturated rings. The van der Waals surface area contributed by atoms with Crippen molar-refractivity contribution < 1.29 is 4.74 Å². The predicted octanol–water partition coefficient (Wildman–Crippen LogP) is 3.17. The number of ether oxygens (including phenoxy) is 1. The normalized spacial score (nSPS) is 22.1. The lowest BCUT2D eigenvalue weighted by Crippen LogP contribution is -2.08. The van der Waals surface area contributed by atoms with Crippen molar-refractivity contribution in [2.45, 2.75) is 25.4 Å². The Labute approximate surface area is 87.2 Å². The van der Waals surface area contributed by atoms with E-state index in [-0.39, 0.29) is 0 Å². The van der Waals surface area contributed by atoms with Crippen molar-refractivity contribution in [2.24, 2.45) is 0 Å². The van der Waals surface area contributed by atoms with E-state index in [1.54, 1.807) is 0 Å². The van der Waals surface area contributed by atoms with E-state index in [2.05, 4.69) is 40.2 Å². The summed E-state index contributed by atoms with van der Waals surface area (Å²) in [4.78, 5) is 0. The Morgan fingerprint density at radius 2 is 2.08 bits per heavy atom. The van der Waals surface area contributed by atoms with Crippen LogP contribution in [0, 0.1) is 0 Å². The summed E-state index contributed by atoms with van der Waals surface area (Å²) in [5.41, 5.74) is 1.37. The molecular formula is C11H13BrO. The fourth-order valence-corrected chi connectivity index (χ4v) is 1.95. The van der Waals surface area contributed by atoms with Gasteiger partial charge in [0.25, 0.3) is 0 Å². The van der Waals surface area contributed by atoms with E-state index >= 15 is 0 Å². The van der Waals surface area contributed by atoms with Crippen LogP contribution >= 0.6 is 15.9 Å². The molecule has 0 unspecified atom stereocenters. The lowest BCUT2D eigenvalue weighted by Gasteiger charge is -2.08. The van der Waals surface area contributed by atoms with Gasteiger partial charge in [0.15, 0.2) is 0 Å². The second-order valence-corrected chi connectivity index (χ2v) is 4.38. The van der Waals surface area contributed by atoms with Gasteiger partial charge in [-0.05, 0) is 37.0 Å². The van der Waals surface area contributed by atoms with Crippen LogP contribution in [0.5, 0.6) is 0 Å². The molecule has 1 nitrogen and oxygen atoms in total. The summed E-state index contributed by atoms with van der Waals surface area (Å²) in [7, 11) is 0. The van der Waals surface area contributed by atoms with Crippen molar-refractivity contribution in [3.8, 4) is 0 Å². The van der Waals surface area contributed by atoms with Crippen LogP contribution in [0.3, 0.4) is 0 Å². The quantitative estimate of drug-likeness (QED) is 0.772. The van der Waals surface area contributed by atoms with Crippen LogP contribution in [-0.2, 0) is 11.2 Å². The van der Waals surface area contributed by atoms with Gasteiger partial charge in [-0.2, -0.15) is 0 Å². The van der Waals surface area contributed by atoms with Crippen LogP contribution in [0.4, 0.5) is 0 Å². The molecular weight excluding hydrogens is 228 g/mol. The van der Waals surface area contributed by atoms with E-state index in [9.17, 15) is 0 Å². The Morgan fingerprint density at radius 1 is 1.31 bits per heavy atom. The first-order valence-corrected chi connectivity index (χ1v) is 5.50. The lowest BCUT2D eigenvalue weighted by molar-refractivity contribution is 0.111. The van der Waals surface area contributed by atoms with Gasteiger partial charge in [0.05, 0.1) is 6.10 Å². The number of hydrogen-bond acceptors (Lipinski definition) is 1. The molecule has 1 aromatic carbocycles. The molecule has 70 valence electrons. The Balaban J connectivity index is 1.97. The van der Waals surface area contributed by atoms with E-state index in [0.29, 0.717) is 6.10 Å². The number of hydrogen-bond donors (Lipinski definition) is 0. The maximum absolute atomic E-state index is 5.58. The average molecular weight is 241 g/mol. The number of halogens is 1. The highest BCUT2D eigenvalue weighted by Gasteiger charge is 2.15. The molecule has 1 aromatic rings. The van der Waals surface area contributed by atoms with Crippen LogP contribution < -0.4 is 0 Å². The molecule has 0 saturated carbocycles. The molecule has 0 N–H and O–H groups in total. The van der Waals surface area contributed by atoms with Gasteiger partial charge >= 0.3 is 0 Å². The zero-order valence-electron chi connectivity index (χ0n) is 7.50. The highest BCUT2D eigenvalue weighted by Crippen LogP contribution is 2.18. The minimum atomic E-state index is 0.459. The minimum Gasteiger partial charge on any atom is -0.378 e. The van der Waals surface area contributed by atoms with Gasteiger partial charge in [0.1, 0.15) is 0 Å². The largest absolute Gasteiger partial charge is 0.378 e. The van der Waals surface area contributed by atoms with Crippen molar-refractivity contribution in [1.29, 1.82) is 0 Å². The Kier molecular flexibility index (Phi) is 3.01. The molecule has 0 amide bonds. The number of rotatable bonds is 2. The van der Waals surface area contributed by atoms with E-state index in [1.807, 2.05) is 0 Å². The SMILES string of the molecule is Brc1ccc(C[C@H]2CCCO2)cc1. The highest BCUT2D eigenvalue weighted by molar-refractivity contribution is 9.10. The van der Waals surface area contributed by atoms with Gasteiger partial charge < -0.3 is 4.74 Å². The van der Waals surface area contributed by atoms with E-state index in [4.69, 9.17) is 4.74 Å². The first-order valence-electron chi connectivity index (χ1n) is 4.70. The first kappa shape index (κ1) is 9.22. The smallest absolute Gasteiger partial charge is 0.0616 e. The van der Waals surface area contributed by atoms with Crippen molar-refractivity contribution >= 4 is 15.9 Å². The van der Waals surface area contributed by atoms with Crippen LogP contribution in [0.2, 0.25) is 0 Å². The van der Waals surface area contributed by atoms with Crippen molar-refractivity contribution in [2.75, 3.05) is 6.61 Å². The van der Waals surface area contributed by atoms with E-state index in [1.165, 1.54) is 18.4 Å². The van der Waals surface area contributed by atoms with Gasteiger partial charge in [-0.15, -0.1) is 0 Å². The molecule has 1 atom stereocenters. The van der Waals surface area contributed by atoms with Crippen molar-refractivity contribution in [3.05, 3.63) is 34.3 Å². The minimum absolute atomic E-state index is 0.459. The molecule has 1 saturated heterocycles. The third-order valence-electron chi connectivity index (χ3n) is 2.40.